The van der Waals surface area contributed by atoms with Gasteiger partial charge >= 0.3 is 6.18 Å². The van der Waals surface area contributed by atoms with Crippen molar-refractivity contribution in [2.75, 3.05) is 45.8 Å². The quantitative estimate of drug-likeness (QED) is 0.811. The van der Waals surface area contributed by atoms with Crippen molar-refractivity contribution in [3.63, 3.8) is 0 Å². The van der Waals surface area contributed by atoms with Crippen LogP contribution in [0, 0.1) is 5.92 Å². The fourth-order valence-electron chi connectivity index (χ4n) is 2.92. The number of nitrogens with zero attached hydrogens (tertiary/aromatic N) is 2. The van der Waals surface area contributed by atoms with Crippen LogP contribution >= 0.6 is 24.8 Å². The number of carbonyl (C=O) groups excluding carboxylic acids is 1. The number of carbonyl (C=O) groups is 1. The molecule has 0 aromatic heterocycles. The van der Waals surface area contributed by atoms with Gasteiger partial charge in [-0.05, 0) is 25.8 Å². The first kappa shape index (κ1) is 21.8. The minimum atomic E-state index is -4.16. The predicted molar refractivity (Wildman–Crippen MR) is 83.8 cm³/mol. The van der Waals surface area contributed by atoms with Crippen molar-refractivity contribution in [1.29, 1.82) is 0 Å². The van der Waals surface area contributed by atoms with Crippen LogP contribution in [0.1, 0.15) is 19.3 Å². The Hall–Kier alpha value is -0.240. The first-order valence-corrected chi connectivity index (χ1v) is 7.24. The summed E-state index contributed by atoms with van der Waals surface area (Å²) in [6, 6.07) is 0. The van der Waals surface area contributed by atoms with E-state index < -0.39 is 12.7 Å². The fourth-order valence-corrected chi connectivity index (χ4v) is 2.92. The number of rotatable bonds is 2. The Morgan fingerprint density at radius 3 is 2.41 bits per heavy atom. The summed E-state index contributed by atoms with van der Waals surface area (Å²) in [5.41, 5.74) is 0. The Morgan fingerprint density at radius 2 is 1.82 bits per heavy atom. The average molecular weight is 366 g/mol. The summed E-state index contributed by atoms with van der Waals surface area (Å²) >= 11 is 0. The van der Waals surface area contributed by atoms with E-state index in [-0.39, 0.29) is 36.6 Å². The van der Waals surface area contributed by atoms with Gasteiger partial charge < -0.3 is 10.2 Å². The minimum Gasteiger partial charge on any atom is -0.341 e. The molecule has 4 nitrogen and oxygen atoms in total. The largest absolute Gasteiger partial charge is 0.401 e. The Morgan fingerprint density at radius 1 is 1.09 bits per heavy atom. The molecule has 2 aliphatic heterocycles. The van der Waals surface area contributed by atoms with Gasteiger partial charge in [-0.25, -0.2) is 0 Å². The van der Waals surface area contributed by atoms with Crippen LogP contribution in [0.3, 0.4) is 0 Å². The topological polar surface area (TPSA) is 35.6 Å². The van der Waals surface area contributed by atoms with Crippen LogP contribution in [-0.2, 0) is 4.79 Å². The lowest BCUT2D eigenvalue weighted by Gasteiger charge is -2.29. The molecule has 132 valence electrons. The maximum Gasteiger partial charge on any atom is 0.401 e. The SMILES string of the molecule is Cl.Cl.O=C(C1CCCNC1)N1CCCN(CC(F)(F)F)CC1. The molecule has 0 spiro atoms. The van der Waals surface area contributed by atoms with Gasteiger partial charge in [0.05, 0.1) is 12.5 Å². The molecule has 2 saturated heterocycles. The summed E-state index contributed by atoms with van der Waals surface area (Å²) in [5.74, 6) is 0.101. The first-order chi connectivity index (χ1) is 9.46. The zero-order chi connectivity index (χ0) is 14.6. The van der Waals surface area contributed by atoms with Gasteiger partial charge in [0, 0.05) is 32.7 Å². The Labute approximate surface area is 141 Å². The van der Waals surface area contributed by atoms with Crippen LogP contribution < -0.4 is 5.32 Å². The molecule has 0 aliphatic carbocycles. The van der Waals surface area contributed by atoms with E-state index in [0.717, 1.165) is 19.4 Å². The molecule has 2 aliphatic rings. The molecule has 9 heteroatoms. The smallest absolute Gasteiger partial charge is 0.341 e. The highest BCUT2D eigenvalue weighted by Crippen LogP contribution is 2.19. The summed E-state index contributed by atoms with van der Waals surface area (Å²) in [5, 5.41) is 3.20. The minimum absolute atomic E-state index is 0. The third-order valence-corrected chi connectivity index (χ3v) is 3.95. The van der Waals surface area contributed by atoms with E-state index in [1.807, 2.05) is 0 Å². The predicted octanol–water partition coefficient (Wildman–Crippen LogP) is 1.93. The molecule has 0 bridgehead atoms. The summed E-state index contributed by atoms with van der Waals surface area (Å²) < 4.78 is 37.2. The van der Waals surface area contributed by atoms with Crippen molar-refractivity contribution in [2.45, 2.75) is 25.4 Å². The monoisotopic (exact) mass is 365 g/mol. The van der Waals surface area contributed by atoms with Gasteiger partial charge in [-0.1, -0.05) is 0 Å². The van der Waals surface area contributed by atoms with Gasteiger partial charge in [0.15, 0.2) is 0 Å². The average Bonchev–Trinajstić information content (AvgIpc) is 2.63. The fraction of sp³-hybridized carbons (Fsp3) is 0.923. The van der Waals surface area contributed by atoms with Crippen molar-refractivity contribution in [3.8, 4) is 0 Å². The molecule has 22 heavy (non-hydrogen) atoms. The second-order valence-corrected chi connectivity index (χ2v) is 5.61. The normalized spacial score (nSPS) is 24.0. The van der Waals surface area contributed by atoms with Gasteiger partial charge in [-0.15, -0.1) is 24.8 Å². The molecule has 2 fully saturated rings. The lowest BCUT2D eigenvalue weighted by Crippen LogP contribution is -2.44. The maximum atomic E-state index is 12.4. The van der Waals surface area contributed by atoms with Crippen LogP contribution in [0.5, 0.6) is 0 Å². The summed E-state index contributed by atoms with van der Waals surface area (Å²) in [6.07, 6.45) is -1.67. The molecular weight excluding hydrogens is 342 g/mol. The molecule has 2 rings (SSSR count). The van der Waals surface area contributed by atoms with Crippen LogP contribution in [0.15, 0.2) is 0 Å². The number of halogens is 5. The van der Waals surface area contributed by atoms with Gasteiger partial charge in [0.25, 0.3) is 0 Å². The molecule has 1 N–H and O–H groups in total. The van der Waals surface area contributed by atoms with Gasteiger partial charge in [-0.3, -0.25) is 9.69 Å². The number of amides is 1. The zero-order valence-corrected chi connectivity index (χ0v) is 14.0. The lowest BCUT2D eigenvalue weighted by atomic mass is 9.98. The number of alkyl halides is 3. The third-order valence-electron chi connectivity index (χ3n) is 3.95. The summed E-state index contributed by atoms with van der Waals surface area (Å²) in [6.45, 7) is 2.47. The highest BCUT2D eigenvalue weighted by atomic mass is 35.5. The molecule has 1 unspecified atom stereocenters. The van der Waals surface area contributed by atoms with Crippen LogP contribution in [-0.4, -0.2) is 67.7 Å². The zero-order valence-electron chi connectivity index (χ0n) is 12.4. The van der Waals surface area contributed by atoms with Crippen molar-refractivity contribution in [2.24, 2.45) is 5.92 Å². The Balaban J connectivity index is 0.00000220. The van der Waals surface area contributed by atoms with Crippen molar-refractivity contribution in [1.82, 2.24) is 15.1 Å². The molecular formula is C13H24Cl2F3N3O. The molecule has 0 aromatic carbocycles. The second-order valence-electron chi connectivity index (χ2n) is 5.61. The molecule has 0 aromatic rings. The number of piperidine rings is 1. The van der Waals surface area contributed by atoms with E-state index in [1.165, 1.54) is 4.90 Å². The number of hydrogen-bond donors (Lipinski definition) is 1. The molecule has 1 amide bonds. The number of nitrogens with one attached hydrogen (secondary N) is 1. The van der Waals surface area contributed by atoms with Gasteiger partial charge in [0.1, 0.15) is 0 Å². The van der Waals surface area contributed by atoms with Crippen LogP contribution in [0.4, 0.5) is 13.2 Å². The van der Waals surface area contributed by atoms with Gasteiger partial charge in [0.2, 0.25) is 5.91 Å². The van der Waals surface area contributed by atoms with Gasteiger partial charge in [-0.2, -0.15) is 13.2 Å². The molecule has 2 heterocycles. The molecule has 0 saturated carbocycles. The second kappa shape index (κ2) is 9.80. The van der Waals surface area contributed by atoms with Crippen LogP contribution in [0.2, 0.25) is 0 Å². The highest BCUT2D eigenvalue weighted by Gasteiger charge is 2.33. The van der Waals surface area contributed by atoms with E-state index in [1.54, 1.807) is 4.90 Å². The molecule has 1 atom stereocenters. The van der Waals surface area contributed by atoms with E-state index in [4.69, 9.17) is 0 Å². The molecule has 0 radical (unpaired) electrons. The highest BCUT2D eigenvalue weighted by molar-refractivity contribution is 5.85. The van der Waals surface area contributed by atoms with Crippen molar-refractivity contribution in [3.05, 3.63) is 0 Å². The Kier molecular flexibility index (Phi) is 9.69. The van der Waals surface area contributed by atoms with E-state index in [0.29, 0.717) is 39.1 Å². The summed E-state index contributed by atoms with van der Waals surface area (Å²) in [4.78, 5) is 15.5. The maximum absolute atomic E-state index is 12.4. The van der Waals surface area contributed by atoms with E-state index in [2.05, 4.69) is 5.32 Å². The van der Waals surface area contributed by atoms with E-state index >= 15 is 0 Å². The van der Waals surface area contributed by atoms with Crippen molar-refractivity contribution >= 4 is 30.7 Å². The first-order valence-electron chi connectivity index (χ1n) is 7.24. The number of hydrogen-bond acceptors (Lipinski definition) is 3. The van der Waals surface area contributed by atoms with E-state index in [9.17, 15) is 18.0 Å². The third kappa shape index (κ3) is 6.89. The summed E-state index contributed by atoms with van der Waals surface area (Å²) in [7, 11) is 0. The Bertz CT molecular complexity index is 339. The standard InChI is InChI=1S/C13H22F3N3O.2ClH/c14-13(15,16)10-18-5-2-6-19(8-7-18)12(20)11-3-1-4-17-9-11;;/h11,17H,1-10H2;2*1H. The lowest BCUT2D eigenvalue weighted by molar-refractivity contribution is -0.145. The van der Waals surface area contributed by atoms with Crippen molar-refractivity contribution < 1.29 is 18.0 Å². The van der Waals surface area contributed by atoms with Crippen LogP contribution in [0.25, 0.3) is 0 Å².